The standard InChI is InChI=1S/C22H30N2O5S/c1-6-20(29-19-11-9-18(10-12-19)24(4)30(5,26)27)22(25)23-13-14-28-21-15-16(2)7-8-17(21)3/h7-12,15,20H,6,13-14H2,1-5H3,(H,23,25). The summed E-state index contributed by atoms with van der Waals surface area (Å²) in [7, 11) is -1.85. The molecule has 0 heterocycles. The van der Waals surface area contributed by atoms with Gasteiger partial charge in [0.05, 0.1) is 18.5 Å². The number of benzene rings is 2. The lowest BCUT2D eigenvalue weighted by molar-refractivity contribution is -0.128. The van der Waals surface area contributed by atoms with E-state index in [1.54, 1.807) is 24.3 Å². The van der Waals surface area contributed by atoms with Gasteiger partial charge in [-0.3, -0.25) is 9.10 Å². The third-order valence-corrected chi connectivity index (χ3v) is 5.85. The molecule has 0 aromatic heterocycles. The van der Waals surface area contributed by atoms with Crippen LogP contribution in [0.2, 0.25) is 0 Å². The van der Waals surface area contributed by atoms with E-state index in [1.807, 2.05) is 39.0 Å². The molecule has 8 heteroatoms. The van der Waals surface area contributed by atoms with Gasteiger partial charge >= 0.3 is 0 Å². The first kappa shape index (κ1) is 23.5. The molecule has 0 aliphatic rings. The van der Waals surface area contributed by atoms with E-state index in [1.165, 1.54) is 11.4 Å². The molecule has 0 aliphatic heterocycles. The maximum absolute atomic E-state index is 12.4. The summed E-state index contributed by atoms with van der Waals surface area (Å²) in [6.07, 6.45) is 0.984. The number of nitrogens with one attached hydrogen (secondary N) is 1. The first-order valence-corrected chi connectivity index (χ1v) is 11.6. The lowest BCUT2D eigenvalue weighted by atomic mass is 10.1. The highest BCUT2D eigenvalue weighted by Gasteiger charge is 2.18. The second kappa shape index (κ2) is 10.3. The van der Waals surface area contributed by atoms with Crippen molar-refractivity contribution in [3.05, 3.63) is 53.6 Å². The molecule has 164 valence electrons. The Hall–Kier alpha value is -2.74. The zero-order valence-electron chi connectivity index (χ0n) is 18.1. The van der Waals surface area contributed by atoms with Crippen LogP contribution in [0.25, 0.3) is 0 Å². The number of ether oxygens (including phenoxy) is 2. The minimum atomic E-state index is -3.33. The molecule has 1 N–H and O–H groups in total. The second-order valence-electron chi connectivity index (χ2n) is 7.15. The summed E-state index contributed by atoms with van der Waals surface area (Å²) in [6, 6.07) is 12.6. The number of hydrogen-bond acceptors (Lipinski definition) is 5. The highest BCUT2D eigenvalue weighted by molar-refractivity contribution is 7.92. The molecule has 1 amide bonds. The van der Waals surface area contributed by atoms with Gasteiger partial charge in [-0.15, -0.1) is 0 Å². The number of amides is 1. The van der Waals surface area contributed by atoms with Crippen molar-refractivity contribution in [1.82, 2.24) is 5.32 Å². The van der Waals surface area contributed by atoms with E-state index in [0.717, 1.165) is 23.1 Å². The van der Waals surface area contributed by atoms with Crippen molar-refractivity contribution in [3.63, 3.8) is 0 Å². The zero-order valence-corrected chi connectivity index (χ0v) is 19.0. The van der Waals surface area contributed by atoms with Gasteiger partial charge in [0.2, 0.25) is 10.0 Å². The van der Waals surface area contributed by atoms with Crippen LogP contribution in [-0.2, 0) is 14.8 Å². The van der Waals surface area contributed by atoms with Crippen molar-refractivity contribution in [2.24, 2.45) is 0 Å². The Kier molecular flexibility index (Phi) is 8.11. The summed E-state index contributed by atoms with van der Waals surface area (Å²) < 4.78 is 35.9. The van der Waals surface area contributed by atoms with Gasteiger partial charge in [-0.1, -0.05) is 19.1 Å². The zero-order chi connectivity index (χ0) is 22.3. The van der Waals surface area contributed by atoms with E-state index in [0.29, 0.717) is 31.0 Å². The SMILES string of the molecule is CCC(Oc1ccc(N(C)S(C)(=O)=O)cc1)C(=O)NCCOc1cc(C)ccc1C. The third kappa shape index (κ3) is 6.66. The van der Waals surface area contributed by atoms with Crippen LogP contribution < -0.4 is 19.1 Å². The molecule has 2 aromatic carbocycles. The molecule has 0 saturated carbocycles. The normalized spacial score (nSPS) is 12.2. The Bertz CT molecular complexity index is 958. The third-order valence-electron chi connectivity index (χ3n) is 4.64. The minimum absolute atomic E-state index is 0.223. The molecule has 30 heavy (non-hydrogen) atoms. The predicted molar refractivity (Wildman–Crippen MR) is 119 cm³/mol. The van der Waals surface area contributed by atoms with Gasteiger partial charge < -0.3 is 14.8 Å². The average Bonchev–Trinajstić information content (AvgIpc) is 2.70. The summed E-state index contributed by atoms with van der Waals surface area (Å²) in [5.41, 5.74) is 2.69. The second-order valence-corrected chi connectivity index (χ2v) is 9.16. The van der Waals surface area contributed by atoms with Gasteiger partial charge in [-0.05, 0) is 61.7 Å². The first-order chi connectivity index (χ1) is 14.1. The monoisotopic (exact) mass is 434 g/mol. The summed E-state index contributed by atoms with van der Waals surface area (Å²) in [5, 5.41) is 2.83. The van der Waals surface area contributed by atoms with Crippen molar-refractivity contribution in [1.29, 1.82) is 0 Å². The molecule has 0 bridgehead atoms. The number of nitrogens with zero attached hydrogens (tertiary/aromatic N) is 1. The van der Waals surface area contributed by atoms with Gasteiger partial charge in [0.1, 0.15) is 18.1 Å². The molecule has 0 spiro atoms. The number of hydrogen-bond donors (Lipinski definition) is 1. The van der Waals surface area contributed by atoms with Crippen LogP contribution in [0.1, 0.15) is 24.5 Å². The van der Waals surface area contributed by atoms with Gasteiger partial charge in [-0.2, -0.15) is 0 Å². The Morgan fingerprint density at radius 1 is 1.13 bits per heavy atom. The van der Waals surface area contributed by atoms with Crippen LogP contribution in [0.3, 0.4) is 0 Å². The Morgan fingerprint density at radius 3 is 2.40 bits per heavy atom. The molecule has 1 atom stereocenters. The van der Waals surface area contributed by atoms with Crippen molar-refractivity contribution in [2.45, 2.75) is 33.3 Å². The fourth-order valence-corrected chi connectivity index (χ4v) is 3.23. The van der Waals surface area contributed by atoms with Gasteiger partial charge in [0, 0.05) is 7.05 Å². The fourth-order valence-electron chi connectivity index (χ4n) is 2.72. The van der Waals surface area contributed by atoms with Crippen LogP contribution in [0, 0.1) is 13.8 Å². The van der Waals surface area contributed by atoms with Crippen molar-refractivity contribution in [2.75, 3.05) is 30.8 Å². The first-order valence-electron chi connectivity index (χ1n) is 9.80. The average molecular weight is 435 g/mol. The predicted octanol–water partition coefficient (Wildman–Crippen LogP) is 3.05. The van der Waals surface area contributed by atoms with Crippen LogP contribution in [0.15, 0.2) is 42.5 Å². The van der Waals surface area contributed by atoms with Crippen molar-refractivity contribution in [3.8, 4) is 11.5 Å². The molecular weight excluding hydrogens is 404 g/mol. The number of rotatable bonds is 10. The molecule has 0 fully saturated rings. The van der Waals surface area contributed by atoms with Gasteiger partial charge in [0.15, 0.2) is 6.10 Å². The van der Waals surface area contributed by atoms with E-state index in [-0.39, 0.29) is 5.91 Å². The summed E-state index contributed by atoms with van der Waals surface area (Å²) in [4.78, 5) is 12.4. The molecule has 0 radical (unpaired) electrons. The lowest BCUT2D eigenvalue weighted by Gasteiger charge is -2.19. The smallest absolute Gasteiger partial charge is 0.261 e. The molecule has 0 saturated heterocycles. The maximum Gasteiger partial charge on any atom is 0.261 e. The number of carbonyl (C=O) groups excluding carboxylic acids is 1. The van der Waals surface area contributed by atoms with Crippen LogP contribution in [0.4, 0.5) is 5.69 Å². The number of anilines is 1. The topological polar surface area (TPSA) is 84.9 Å². The Labute approximate surface area is 179 Å². The Balaban J connectivity index is 1.86. The molecule has 1 unspecified atom stereocenters. The van der Waals surface area contributed by atoms with Crippen molar-refractivity contribution < 1.29 is 22.7 Å². The van der Waals surface area contributed by atoms with Crippen LogP contribution >= 0.6 is 0 Å². The number of sulfonamides is 1. The van der Waals surface area contributed by atoms with E-state index in [2.05, 4.69) is 5.32 Å². The molecule has 0 aliphatic carbocycles. The molecule has 2 rings (SSSR count). The van der Waals surface area contributed by atoms with E-state index in [4.69, 9.17) is 9.47 Å². The quantitative estimate of drug-likeness (QED) is 0.581. The highest BCUT2D eigenvalue weighted by Crippen LogP contribution is 2.22. The van der Waals surface area contributed by atoms with E-state index in [9.17, 15) is 13.2 Å². The lowest BCUT2D eigenvalue weighted by Crippen LogP contribution is -2.39. The summed E-state index contributed by atoms with van der Waals surface area (Å²) in [6.45, 7) is 6.57. The van der Waals surface area contributed by atoms with Crippen molar-refractivity contribution >= 4 is 21.6 Å². The summed E-state index contributed by atoms with van der Waals surface area (Å²) >= 11 is 0. The molecular formula is C22H30N2O5S. The molecule has 7 nitrogen and oxygen atoms in total. The van der Waals surface area contributed by atoms with Gasteiger partial charge in [0.25, 0.3) is 5.91 Å². The van der Waals surface area contributed by atoms with Crippen LogP contribution in [-0.4, -0.2) is 46.9 Å². The molecule has 2 aromatic rings. The minimum Gasteiger partial charge on any atom is -0.491 e. The number of aryl methyl sites for hydroxylation is 2. The van der Waals surface area contributed by atoms with E-state index < -0.39 is 16.1 Å². The maximum atomic E-state index is 12.4. The fraction of sp³-hybridized carbons (Fsp3) is 0.409. The number of carbonyl (C=O) groups is 1. The van der Waals surface area contributed by atoms with Gasteiger partial charge in [-0.25, -0.2) is 8.42 Å². The van der Waals surface area contributed by atoms with E-state index >= 15 is 0 Å². The Morgan fingerprint density at radius 2 is 1.80 bits per heavy atom. The van der Waals surface area contributed by atoms with Crippen LogP contribution in [0.5, 0.6) is 11.5 Å². The highest BCUT2D eigenvalue weighted by atomic mass is 32.2. The summed E-state index contributed by atoms with van der Waals surface area (Å²) in [5.74, 6) is 1.08. The largest absolute Gasteiger partial charge is 0.491 e.